The van der Waals surface area contributed by atoms with Crippen LogP contribution in [0.1, 0.15) is 55.7 Å². The Morgan fingerprint density at radius 3 is 2.50 bits per heavy atom. The molecular formula is C25H29ClN2O5S. The first-order valence-electron chi connectivity index (χ1n) is 11.5. The Bertz CT molecular complexity index is 1210. The molecule has 9 heteroatoms. The minimum absolute atomic E-state index is 0.0454. The van der Waals surface area contributed by atoms with Gasteiger partial charge in [0.1, 0.15) is 11.0 Å². The smallest absolute Gasteiger partial charge is 0.272 e. The molecule has 1 aliphatic heterocycles. The van der Waals surface area contributed by atoms with Crippen LogP contribution in [0, 0.1) is 0 Å². The Kier molecular flexibility index (Phi) is 7.03. The van der Waals surface area contributed by atoms with Crippen LogP contribution < -0.4 is 10.5 Å². The van der Waals surface area contributed by atoms with Crippen molar-refractivity contribution in [1.82, 2.24) is 0 Å². The molecule has 4 rings (SSSR count). The molecule has 1 amide bonds. The lowest BCUT2D eigenvalue weighted by Gasteiger charge is -2.45. The minimum Gasteiger partial charge on any atom is -0.479 e. The molecule has 1 heterocycles. The third kappa shape index (κ3) is 4.72. The largest absolute Gasteiger partial charge is 0.479 e. The van der Waals surface area contributed by atoms with Crippen molar-refractivity contribution < 1.29 is 22.5 Å². The van der Waals surface area contributed by atoms with Crippen LogP contribution in [0.2, 0.25) is 5.02 Å². The average Bonchev–Trinajstić information content (AvgIpc) is 2.76. The van der Waals surface area contributed by atoms with Crippen LogP contribution in [0.5, 0.6) is 5.75 Å². The number of carbonyl (C=O) groups is 1. The lowest BCUT2D eigenvalue weighted by atomic mass is 9.59. The van der Waals surface area contributed by atoms with Crippen molar-refractivity contribution in [2.75, 3.05) is 6.54 Å². The number of rotatable bonds is 9. The van der Waals surface area contributed by atoms with Crippen molar-refractivity contribution >= 4 is 33.3 Å². The molecule has 0 saturated heterocycles. The number of aliphatic imine (C=N–C) groups is 1. The predicted molar refractivity (Wildman–Crippen MR) is 132 cm³/mol. The predicted octanol–water partition coefficient (Wildman–Crippen LogP) is 4.10. The summed E-state index contributed by atoms with van der Waals surface area (Å²) in [5, 5.41) is -0.760. The van der Waals surface area contributed by atoms with Crippen LogP contribution >= 0.6 is 11.6 Å². The van der Waals surface area contributed by atoms with Gasteiger partial charge >= 0.3 is 0 Å². The molecule has 182 valence electrons. The second kappa shape index (κ2) is 9.68. The fourth-order valence-electron chi connectivity index (χ4n) is 5.02. The van der Waals surface area contributed by atoms with Gasteiger partial charge in [-0.05, 0) is 61.1 Å². The molecule has 34 heavy (non-hydrogen) atoms. The van der Waals surface area contributed by atoms with E-state index in [2.05, 4.69) is 0 Å². The average molecular weight is 505 g/mol. The number of hydrogen-bond donors (Lipinski definition) is 2. The molecule has 0 spiro atoms. The molecule has 2 aliphatic rings. The number of carbonyl (C=O) groups excluding carboxylic acids is 1. The van der Waals surface area contributed by atoms with Crippen LogP contribution in [0.4, 0.5) is 0 Å². The van der Waals surface area contributed by atoms with E-state index in [9.17, 15) is 17.8 Å². The molecule has 2 unspecified atom stereocenters. The van der Waals surface area contributed by atoms with E-state index in [0.29, 0.717) is 23.7 Å². The number of nitrogens with zero attached hydrogens (tertiary/aromatic N) is 1. The van der Waals surface area contributed by atoms with E-state index in [1.807, 2.05) is 36.4 Å². The standard InChI is InChI=1S/C25H29ClN2O5S/c1-2-4-21(34(30,31)32)22(24(27)29)33-19-10-5-16-11-14-28-23(20(16)15-19)25(12-3-13-25)17-6-8-18(26)9-7-17/h5-10,15,21-22H,2-4,11-14H2,1H3,(H2,27,29)(H,30,31,32). The first-order valence-corrected chi connectivity index (χ1v) is 13.4. The van der Waals surface area contributed by atoms with Gasteiger partial charge in [0.15, 0.2) is 6.10 Å². The maximum absolute atomic E-state index is 12.1. The van der Waals surface area contributed by atoms with Gasteiger partial charge in [0.05, 0.1) is 5.71 Å². The Morgan fingerprint density at radius 2 is 1.94 bits per heavy atom. The first kappa shape index (κ1) is 24.7. The number of amides is 1. The van der Waals surface area contributed by atoms with E-state index < -0.39 is 27.4 Å². The number of ether oxygens (including phenoxy) is 1. The fraction of sp³-hybridized carbons (Fsp3) is 0.440. The molecule has 1 saturated carbocycles. The molecule has 2 aromatic rings. The summed E-state index contributed by atoms with van der Waals surface area (Å²) < 4.78 is 39.4. The van der Waals surface area contributed by atoms with E-state index in [-0.39, 0.29) is 11.8 Å². The van der Waals surface area contributed by atoms with Crippen molar-refractivity contribution in [3.63, 3.8) is 0 Å². The molecule has 3 N–H and O–H groups in total. The van der Waals surface area contributed by atoms with E-state index in [0.717, 1.165) is 48.1 Å². The van der Waals surface area contributed by atoms with Gasteiger partial charge in [-0.2, -0.15) is 8.42 Å². The lowest BCUT2D eigenvalue weighted by Crippen LogP contribution is -2.47. The number of primary amides is 1. The van der Waals surface area contributed by atoms with Gasteiger partial charge in [-0.25, -0.2) is 0 Å². The summed E-state index contributed by atoms with van der Waals surface area (Å²) in [6.07, 6.45) is 2.76. The van der Waals surface area contributed by atoms with E-state index in [4.69, 9.17) is 27.1 Å². The van der Waals surface area contributed by atoms with Crippen LogP contribution in [-0.4, -0.2) is 42.5 Å². The molecule has 0 radical (unpaired) electrons. The Labute approximate surface area is 205 Å². The van der Waals surface area contributed by atoms with Crippen LogP contribution in [0.3, 0.4) is 0 Å². The van der Waals surface area contributed by atoms with Crippen LogP contribution in [0.15, 0.2) is 47.5 Å². The highest BCUT2D eigenvalue weighted by molar-refractivity contribution is 7.86. The summed E-state index contributed by atoms with van der Waals surface area (Å²) in [5.74, 6) is -0.633. The maximum atomic E-state index is 12.1. The Balaban J connectivity index is 1.71. The molecule has 1 fully saturated rings. The summed E-state index contributed by atoms with van der Waals surface area (Å²) >= 11 is 6.12. The van der Waals surface area contributed by atoms with Crippen molar-refractivity contribution in [3.8, 4) is 5.75 Å². The molecular weight excluding hydrogens is 476 g/mol. The molecule has 2 aromatic carbocycles. The summed E-state index contributed by atoms with van der Waals surface area (Å²) in [5.41, 5.74) is 9.45. The maximum Gasteiger partial charge on any atom is 0.272 e. The zero-order chi connectivity index (χ0) is 24.5. The van der Waals surface area contributed by atoms with Gasteiger partial charge < -0.3 is 10.5 Å². The van der Waals surface area contributed by atoms with E-state index >= 15 is 0 Å². The van der Waals surface area contributed by atoms with Crippen LogP contribution in [-0.2, 0) is 26.7 Å². The van der Waals surface area contributed by atoms with Crippen molar-refractivity contribution in [3.05, 3.63) is 64.2 Å². The SMILES string of the molecule is CCCC(C(Oc1ccc2c(c1)C(C1(c3ccc(Cl)cc3)CCC1)=NCC2)C(N)=O)S(=O)(=O)O. The van der Waals surface area contributed by atoms with Gasteiger partial charge in [-0.1, -0.05) is 49.6 Å². The van der Waals surface area contributed by atoms with E-state index in [1.165, 1.54) is 0 Å². The van der Waals surface area contributed by atoms with Crippen LogP contribution in [0.25, 0.3) is 0 Å². The summed E-state index contributed by atoms with van der Waals surface area (Å²) in [6.45, 7) is 2.44. The fourth-order valence-corrected chi connectivity index (χ4v) is 6.18. The molecule has 1 aliphatic carbocycles. The molecule has 7 nitrogen and oxygen atoms in total. The Morgan fingerprint density at radius 1 is 1.24 bits per heavy atom. The molecule has 0 bridgehead atoms. The minimum atomic E-state index is -4.54. The van der Waals surface area contributed by atoms with Crippen molar-refractivity contribution in [2.24, 2.45) is 10.7 Å². The Hall–Kier alpha value is -2.42. The second-order valence-electron chi connectivity index (χ2n) is 9.02. The number of fused-ring (bicyclic) bond motifs is 1. The van der Waals surface area contributed by atoms with Crippen molar-refractivity contribution in [2.45, 2.75) is 62.2 Å². The number of halogens is 1. The normalized spacial score (nSPS) is 18.7. The van der Waals surface area contributed by atoms with E-state index in [1.54, 1.807) is 13.0 Å². The highest BCUT2D eigenvalue weighted by atomic mass is 35.5. The highest BCUT2D eigenvalue weighted by Crippen LogP contribution is 2.48. The zero-order valence-corrected chi connectivity index (χ0v) is 20.6. The number of hydrogen-bond acceptors (Lipinski definition) is 5. The summed E-state index contributed by atoms with van der Waals surface area (Å²) in [4.78, 5) is 17.1. The third-order valence-electron chi connectivity index (χ3n) is 6.88. The number of nitrogens with two attached hydrogens (primary N) is 1. The lowest BCUT2D eigenvalue weighted by molar-refractivity contribution is -0.124. The molecule has 2 atom stereocenters. The van der Waals surface area contributed by atoms with Gasteiger partial charge in [-0.15, -0.1) is 0 Å². The summed E-state index contributed by atoms with van der Waals surface area (Å²) in [7, 11) is -4.54. The zero-order valence-electron chi connectivity index (χ0n) is 19.0. The summed E-state index contributed by atoms with van der Waals surface area (Å²) in [6, 6.07) is 13.3. The van der Waals surface area contributed by atoms with Gasteiger partial charge in [0.2, 0.25) is 0 Å². The van der Waals surface area contributed by atoms with Gasteiger partial charge in [0, 0.05) is 22.5 Å². The number of benzene rings is 2. The third-order valence-corrected chi connectivity index (χ3v) is 8.38. The van der Waals surface area contributed by atoms with Gasteiger partial charge in [-0.3, -0.25) is 14.3 Å². The molecule has 0 aromatic heterocycles. The van der Waals surface area contributed by atoms with Crippen molar-refractivity contribution in [1.29, 1.82) is 0 Å². The van der Waals surface area contributed by atoms with Gasteiger partial charge in [0.25, 0.3) is 16.0 Å². The monoisotopic (exact) mass is 504 g/mol. The first-order chi connectivity index (χ1) is 16.2. The second-order valence-corrected chi connectivity index (χ2v) is 11.1. The quantitative estimate of drug-likeness (QED) is 0.498. The topological polar surface area (TPSA) is 119 Å². The highest BCUT2D eigenvalue weighted by Gasteiger charge is 2.45.